The van der Waals surface area contributed by atoms with Crippen molar-refractivity contribution in [3.8, 4) is 11.5 Å². The number of non-ortho nitro benzene ring substituents is 1. The molecule has 41 heavy (non-hydrogen) atoms. The molecule has 1 aliphatic carbocycles. The Labute approximate surface area is 239 Å². The van der Waals surface area contributed by atoms with Crippen LogP contribution in [0.25, 0.3) is 12.2 Å². The summed E-state index contributed by atoms with van der Waals surface area (Å²) in [5.41, 5.74) is 4.64. The quantitative estimate of drug-likeness (QED) is 0.159. The fourth-order valence-electron chi connectivity index (χ4n) is 5.46. The molecule has 1 aliphatic heterocycles. The Balaban J connectivity index is 1.48. The Morgan fingerprint density at radius 1 is 1.00 bits per heavy atom. The molecule has 1 amide bonds. The lowest BCUT2D eigenvalue weighted by Gasteiger charge is -2.29. The zero-order valence-electron chi connectivity index (χ0n) is 23.2. The Kier molecular flexibility index (Phi) is 8.58. The molecule has 1 saturated carbocycles. The highest BCUT2D eigenvalue weighted by Gasteiger charge is 2.43. The number of hydrogen-bond donors (Lipinski definition) is 0. The lowest BCUT2D eigenvalue weighted by molar-refractivity contribution is -0.384. The van der Waals surface area contributed by atoms with Crippen LogP contribution in [0, 0.1) is 16.0 Å². The van der Waals surface area contributed by atoms with Crippen LogP contribution in [0.5, 0.6) is 11.5 Å². The van der Waals surface area contributed by atoms with Gasteiger partial charge in [-0.15, -0.1) is 0 Å². The summed E-state index contributed by atoms with van der Waals surface area (Å²) < 4.78 is 11.2. The summed E-state index contributed by atoms with van der Waals surface area (Å²) >= 11 is 0. The molecule has 1 fully saturated rings. The van der Waals surface area contributed by atoms with Gasteiger partial charge in [-0.05, 0) is 91.8 Å². The van der Waals surface area contributed by atoms with Crippen LogP contribution in [-0.2, 0) is 4.79 Å². The molecule has 0 bridgehead atoms. The minimum Gasteiger partial charge on any atom is -0.494 e. The number of carbonyl (C=O) groups excluding carboxylic acids is 1. The van der Waals surface area contributed by atoms with Crippen molar-refractivity contribution in [2.75, 3.05) is 13.2 Å². The van der Waals surface area contributed by atoms with E-state index in [4.69, 9.17) is 14.6 Å². The lowest BCUT2D eigenvalue weighted by atomic mass is 9.77. The minimum atomic E-state index is -0.448. The highest BCUT2D eigenvalue weighted by atomic mass is 16.6. The Hall–Kier alpha value is -4.72. The van der Waals surface area contributed by atoms with Gasteiger partial charge in [-0.25, -0.2) is 5.01 Å². The van der Waals surface area contributed by atoms with Crippen molar-refractivity contribution in [1.82, 2.24) is 5.01 Å². The van der Waals surface area contributed by atoms with E-state index in [9.17, 15) is 14.9 Å². The fraction of sp³-hybridized carbons (Fsp3) is 0.273. The lowest BCUT2D eigenvalue weighted by Crippen LogP contribution is -2.30. The van der Waals surface area contributed by atoms with Crippen LogP contribution in [0.15, 0.2) is 89.5 Å². The van der Waals surface area contributed by atoms with Crippen LogP contribution in [0.4, 0.5) is 5.69 Å². The third-order valence-electron chi connectivity index (χ3n) is 7.29. The second-order valence-electron chi connectivity index (χ2n) is 9.97. The van der Waals surface area contributed by atoms with Gasteiger partial charge in [-0.2, -0.15) is 5.10 Å². The predicted octanol–water partition coefficient (Wildman–Crippen LogP) is 7.23. The highest BCUT2D eigenvalue weighted by Crippen LogP contribution is 2.44. The van der Waals surface area contributed by atoms with E-state index in [1.165, 1.54) is 18.2 Å². The van der Waals surface area contributed by atoms with Gasteiger partial charge in [0.05, 0.1) is 29.9 Å². The standard InChI is InChI=1S/C33H33N3O5/c1-3-40-28-16-11-24(12-17-28)21-26-8-6-10-30-32(26)34-35(33(30)25-14-18-29(19-15-25)41-4-2)31(37)20-13-23-7-5-9-27(22-23)36(38)39/h5,7,9,11-22,30,33H,3-4,6,8,10H2,1-2H3/b20-13+,26-21-. The van der Waals surface area contributed by atoms with Crippen LogP contribution in [0.1, 0.15) is 55.8 Å². The third kappa shape index (κ3) is 6.38. The molecule has 2 atom stereocenters. The van der Waals surface area contributed by atoms with Gasteiger partial charge in [-0.3, -0.25) is 14.9 Å². The zero-order chi connectivity index (χ0) is 28.8. The number of nitro benzene ring substituents is 1. The first-order valence-electron chi connectivity index (χ1n) is 14.0. The molecule has 0 saturated heterocycles. The summed E-state index contributed by atoms with van der Waals surface area (Å²) in [5.74, 6) is 1.37. The summed E-state index contributed by atoms with van der Waals surface area (Å²) in [5, 5.41) is 17.7. The first-order chi connectivity index (χ1) is 20.0. The average Bonchev–Trinajstić information content (AvgIpc) is 3.39. The second-order valence-corrected chi connectivity index (χ2v) is 9.97. The molecule has 2 aliphatic rings. The molecule has 8 heteroatoms. The molecule has 0 N–H and O–H groups in total. The largest absolute Gasteiger partial charge is 0.494 e. The zero-order valence-corrected chi connectivity index (χ0v) is 23.2. The molecule has 3 aromatic rings. The number of nitro groups is 1. The van der Waals surface area contributed by atoms with E-state index in [0.29, 0.717) is 18.8 Å². The maximum Gasteiger partial charge on any atom is 0.270 e. The fourth-order valence-corrected chi connectivity index (χ4v) is 5.46. The normalized spacial score (nSPS) is 19.2. The monoisotopic (exact) mass is 551 g/mol. The minimum absolute atomic E-state index is 0.0247. The van der Waals surface area contributed by atoms with E-state index < -0.39 is 4.92 Å². The van der Waals surface area contributed by atoms with Gasteiger partial charge < -0.3 is 9.47 Å². The predicted molar refractivity (Wildman–Crippen MR) is 160 cm³/mol. The SMILES string of the molecule is CCOc1ccc(/C=C2/CCCC3C2=NN(C(=O)/C=C/c2cccc([N+](=O)[O-])c2)C3c2ccc(OCC)cc2)cc1. The number of hydrazone groups is 1. The number of benzene rings is 3. The van der Waals surface area contributed by atoms with Crippen molar-refractivity contribution < 1.29 is 19.2 Å². The van der Waals surface area contributed by atoms with E-state index in [0.717, 1.165) is 53.2 Å². The molecular weight excluding hydrogens is 518 g/mol. The number of carbonyl (C=O) groups is 1. The van der Waals surface area contributed by atoms with Crippen molar-refractivity contribution >= 4 is 29.5 Å². The number of rotatable bonds is 9. The molecule has 2 unspecified atom stereocenters. The summed E-state index contributed by atoms with van der Waals surface area (Å²) in [6.45, 7) is 5.10. The van der Waals surface area contributed by atoms with Crippen LogP contribution >= 0.6 is 0 Å². The maximum absolute atomic E-state index is 13.6. The van der Waals surface area contributed by atoms with Gasteiger partial charge in [0, 0.05) is 24.1 Å². The molecule has 0 radical (unpaired) electrons. The van der Waals surface area contributed by atoms with E-state index in [1.807, 2.05) is 62.4 Å². The number of nitrogens with zero attached hydrogens (tertiary/aromatic N) is 3. The van der Waals surface area contributed by atoms with Crippen molar-refractivity contribution in [3.05, 3.63) is 111 Å². The van der Waals surface area contributed by atoms with Crippen LogP contribution in [-0.4, -0.2) is 34.8 Å². The van der Waals surface area contributed by atoms with Gasteiger partial charge in [-0.1, -0.05) is 36.4 Å². The van der Waals surface area contributed by atoms with E-state index in [1.54, 1.807) is 23.2 Å². The Morgan fingerprint density at radius 2 is 1.68 bits per heavy atom. The molecule has 210 valence electrons. The smallest absolute Gasteiger partial charge is 0.270 e. The topological polar surface area (TPSA) is 94.3 Å². The van der Waals surface area contributed by atoms with Gasteiger partial charge in [0.2, 0.25) is 0 Å². The molecule has 1 heterocycles. The summed E-state index contributed by atoms with van der Waals surface area (Å²) in [6.07, 6.45) is 7.98. The molecule has 5 rings (SSSR count). The van der Waals surface area contributed by atoms with E-state index >= 15 is 0 Å². The molecule has 3 aromatic carbocycles. The molecule has 8 nitrogen and oxygen atoms in total. The van der Waals surface area contributed by atoms with Crippen molar-refractivity contribution in [1.29, 1.82) is 0 Å². The number of ether oxygens (including phenoxy) is 2. The van der Waals surface area contributed by atoms with Crippen molar-refractivity contribution in [3.63, 3.8) is 0 Å². The molecular formula is C33H33N3O5. The second kappa shape index (κ2) is 12.6. The van der Waals surface area contributed by atoms with Crippen LogP contribution in [0.3, 0.4) is 0 Å². The number of amides is 1. The third-order valence-corrected chi connectivity index (χ3v) is 7.29. The van der Waals surface area contributed by atoms with Gasteiger partial charge in [0.25, 0.3) is 11.6 Å². The Morgan fingerprint density at radius 3 is 2.34 bits per heavy atom. The Bertz CT molecular complexity index is 1490. The number of hydrogen-bond acceptors (Lipinski definition) is 6. The highest BCUT2D eigenvalue weighted by molar-refractivity contribution is 6.08. The van der Waals surface area contributed by atoms with Gasteiger partial charge in [0.15, 0.2) is 0 Å². The van der Waals surface area contributed by atoms with Crippen LogP contribution in [0.2, 0.25) is 0 Å². The first-order valence-corrected chi connectivity index (χ1v) is 14.0. The summed E-state index contributed by atoms with van der Waals surface area (Å²) in [6, 6.07) is 21.8. The first kappa shape index (κ1) is 27.8. The number of allylic oxidation sites excluding steroid dienone is 1. The van der Waals surface area contributed by atoms with Crippen LogP contribution < -0.4 is 9.47 Å². The van der Waals surface area contributed by atoms with Crippen molar-refractivity contribution in [2.24, 2.45) is 11.0 Å². The van der Waals surface area contributed by atoms with Gasteiger partial charge >= 0.3 is 0 Å². The van der Waals surface area contributed by atoms with E-state index in [2.05, 4.69) is 6.08 Å². The summed E-state index contributed by atoms with van der Waals surface area (Å²) in [4.78, 5) is 24.4. The molecule has 0 spiro atoms. The number of fused-ring (bicyclic) bond motifs is 1. The molecule has 0 aromatic heterocycles. The van der Waals surface area contributed by atoms with E-state index in [-0.39, 0.29) is 23.6 Å². The maximum atomic E-state index is 13.6. The van der Waals surface area contributed by atoms with Gasteiger partial charge in [0.1, 0.15) is 11.5 Å². The van der Waals surface area contributed by atoms with Crippen molar-refractivity contribution in [2.45, 2.75) is 39.2 Å². The average molecular weight is 552 g/mol. The summed E-state index contributed by atoms with van der Waals surface area (Å²) in [7, 11) is 0.